The molecule has 4 nitrogen and oxygen atoms in total. The predicted molar refractivity (Wildman–Crippen MR) is 96.5 cm³/mol. The topological polar surface area (TPSA) is 48.4 Å². The number of hydrogen-bond donors (Lipinski definition) is 0. The minimum atomic E-state index is -0.160. The molecule has 0 fully saturated rings. The van der Waals surface area contributed by atoms with Crippen LogP contribution in [0.5, 0.6) is 11.5 Å². The number of aromatic nitrogens is 1. The van der Waals surface area contributed by atoms with Gasteiger partial charge in [-0.25, -0.2) is 4.98 Å². The van der Waals surface area contributed by atoms with E-state index in [0.717, 1.165) is 11.3 Å². The molecular formula is C21H19NO3. The lowest BCUT2D eigenvalue weighted by Crippen LogP contribution is -2.07. The van der Waals surface area contributed by atoms with Crippen LogP contribution >= 0.6 is 0 Å². The molecule has 0 spiro atoms. The molecule has 0 aliphatic rings. The van der Waals surface area contributed by atoms with Crippen molar-refractivity contribution in [1.29, 1.82) is 0 Å². The van der Waals surface area contributed by atoms with Crippen LogP contribution < -0.4 is 9.47 Å². The summed E-state index contributed by atoms with van der Waals surface area (Å²) in [6, 6.07) is 20.7. The lowest BCUT2D eigenvalue weighted by atomic mass is 10.1. The molecule has 0 aliphatic heterocycles. The fraction of sp³-hybridized carbons (Fsp3) is 0.143. The standard InChI is InChI=1S/C21H19NO3/c1-24-18-12-16(13-19(14-18)25-2)21(23)20-10-6-9-17(22-20)11-15-7-4-3-5-8-15/h3-10,12-14H,11H2,1-2H3. The monoisotopic (exact) mass is 333 g/mol. The van der Waals surface area contributed by atoms with Crippen LogP contribution in [0.1, 0.15) is 27.3 Å². The first-order chi connectivity index (χ1) is 12.2. The Balaban J connectivity index is 1.89. The van der Waals surface area contributed by atoms with Crippen LogP contribution in [0.15, 0.2) is 66.7 Å². The van der Waals surface area contributed by atoms with Gasteiger partial charge in [-0.2, -0.15) is 0 Å². The highest BCUT2D eigenvalue weighted by Crippen LogP contribution is 2.24. The van der Waals surface area contributed by atoms with Gasteiger partial charge >= 0.3 is 0 Å². The second kappa shape index (κ2) is 7.62. The fourth-order valence-electron chi connectivity index (χ4n) is 2.60. The van der Waals surface area contributed by atoms with E-state index in [-0.39, 0.29) is 5.78 Å². The molecule has 0 unspecified atom stereocenters. The summed E-state index contributed by atoms with van der Waals surface area (Å²) in [6.07, 6.45) is 0.684. The number of hydrogen-bond acceptors (Lipinski definition) is 4. The Kier molecular flexibility index (Phi) is 5.09. The van der Waals surface area contributed by atoms with Gasteiger partial charge in [-0.05, 0) is 29.8 Å². The van der Waals surface area contributed by atoms with Crippen molar-refractivity contribution in [3.63, 3.8) is 0 Å². The molecule has 3 rings (SSSR count). The van der Waals surface area contributed by atoms with E-state index < -0.39 is 0 Å². The van der Waals surface area contributed by atoms with Crippen LogP contribution in [-0.2, 0) is 6.42 Å². The Hall–Kier alpha value is -3.14. The Bertz CT molecular complexity index is 853. The van der Waals surface area contributed by atoms with Gasteiger partial charge in [0, 0.05) is 23.7 Å². The number of methoxy groups -OCH3 is 2. The third-order valence-corrected chi connectivity index (χ3v) is 3.88. The van der Waals surface area contributed by atoms with Crippen LogP contribution in [0.3, 0.4) is 0 Å². The van der Waals surface area contributed by atoms with E-state index in [2.05, 4.69) is 4.98 Å². The first kappa shape index (κ1) is 16.7. The van der Waals surface area contributed by atoms with Gasteiger partial charge < -0.3 is 9.47 Å². The lowest BCUT2D eigenvalue weighted by Gasteiger charge is -2.08. The fourth-order valence-corrected chi connectivity index (χ4v) is 2.60. The minimum Gasteiger partial charge on any atom is -0.497 e. The molecule has 25 heavy (non-hydrogen) atoms. The van der Waals surface area contributed by atoms with Gasteiger partial charge in [-0.1, -0.05) is 36.4 Å². The van der Waals surface area contributed by atoms with Gasteiger partial charge in [-0.3, -0.25) is 4.79 Å². The summed E-state index contributed by atoms with van der Waals surface area (Å²) in [5.41, 5.74) is 2.90. The number of nitrogens with zero attached hydrogens (tertiary/aromatic N) is 1. The normalized spacial score (nSPS) is 10.3. The van der Waals surface area contributed by atoms with Crippen LogP contribution in [-0.4, -0.2) is 25.0 Å². The zero-order chi connectivity index (χ0) is 17.6. The molecule has 0 atom stereocenters. The van der Waals surface area contributed by atoms with E-state index in [1.54, 1.807) is 38.5 Å². The number of benzene rings is 2. The Labute approximate surface area is 147 Å². The second-order valence-corrected chi connectivity index (χ2v) is 5.61. The molecule has 4 heteroatoms. The van der Waals surface area contributed by atoms with Crippen molar-refractivity contribution in [2.45, 2.75) is 6.42 Å². The van der Waals surface area contributed by atoms with Gasteiger partial charge in [-0.15, -0.1) is 0 Å². The van der Waals surface area contributed by atoms with E-state index in [4.69, 9.17) is 9.47 Å². The number of ether oxygens (including phenoxy) is 2. The van der Waals surface area contributed by atoms with E-state index >= 15 is 0 Å². The quantitative estimate of drug-likeness (QED) is 0.642. The van der Waals surface area contributed by atoms with Crippen LogP contribution in [0.2, 0.25) is 0 Å². The van der Waals surface area contributed by atoms with Crippen LogP contribution in [0, 0.1) is 0 Å². The average molecular weight is 333 g/mol. The van der Waals surface area contributed by atoms with Crippen molar-refractivity contribution >= 4 is 5.78 Å². The number of carbonyl (C=O) groups is 1. The summed E-state index contributed by atoms with van der Waals surface area (Å²) in [5.74, 6) is 0.985. The number of rotatable bonds is 6. The first-order valence-corrected chi connectivity index (χ1v) is 7.97. The first-order valence-electron chi connectivity index (χ1n) is 7.97. The molecule has 0 saturated carbocycles. The molecule has 0 amide bonds. The smallest absolute Gasteiger partial charge is 0.211 e. The van der Waals surface area contributed by atoms with Gasteiger partial charge in [0.1, 0.15) is 17.2 Å². The van der Waals surface area contributed by atoms with Crippen molar-refractivity contribution < 1.29 is 14.3 Å². The van der Waals surface area contributed by atoms with Crippen LogP contribution in [0.25, 0.3) is 0 Å². The molecule has 126 valence electrons. The highest BCUT2D eigenvalue weighted by Gasteiger charge is 2.14. The maximum atomic E-state index is 12.8. The number of pyridine rings is 1. The third kappa shape index (κ3) is 4.04. The summed E-state index contributed by atoms with van der Waals surface area (Å²) < 4.78 is 10.5. The molecule has 0 radical (unpaired) electrons. The molecule has 1 heterocycles. The summed E-state index contributed by atoms with van der Waals surface area (Å²) in [5, 5.41) is 0. The lowest BCUT2D eigenvalue weighted by molar-refractivity contribution is 0.103. The van der Waals surface area contributed by atoms with E-state index in [9.17, 15) is 4.79 Å². The second-order valence-electron chi connectivity index (χ2n) is 5.61. The van der Waals surface area contributed by atoms with Crippen molar-refractivity contribution in [2.75, 3.05) is 14.2 Å². The molecule has 0 aliphatic carbocycles. The Morgan fingerprint density at radius 2 is 1.56 bits per heavy atom. The van der Waals surface area contributed by atoms with Crippen LogP contribution in [0.4, 0.5) is 0 Å². The molecule has 0 N–H and O–H groups in total. The Morgan fingerprint density at radius 3 is 2.20 bits per heavy atom. The zero-order valence-corrected chi connectivity index (χ0v) is 14.2. The van der Waals surface area contributed by atoms with Gasteiger partial charge in [0.15, 0.2) is 0 Å². The molecule has 2 aromatic carbocycles. The zero-order valence-electron chi connectivity index (χ0n) is 14.2. The minimum absolute atomic E-state index is 0.160. The summed E-state index contributed by atoms with van der Waals surface area (Å²) >= 11 is 0. The van der Waals surface area contributed by atoms with E-state index in [1.807, 2.05) is 42.5 Å². The highest BCUT2D eigenvalue weighted by atomic mass is 16.5. The molecule has 0 bridgehead atoms. The molecule has 3 aromatic rings. The maximum absolute atomic E-state index is 12.8. The summed E-state index contributed by atoms with van der Waals surface area (Å²) in [6.45, 7) is 0. The van der Waals surface area contributed by atoms with Crippen molar-refractivity contribution in [3.05, 3.63) is 89.2 Å². The largest absolute Gasteiger partial charge is 0.497 e. The average Bonchev–Trinajstić information content (AvgIpc) is 2.68. The van der Waals surface area contributed by atoms with E-state index in [1.165, 1.54) is 0 Å². The predicted octanol–water partition coefficient (Wildman–Crippen LogP) is 3.92. The van der Waals surface area contributed by atoms with Crippen molar-refractivity contribution in [2.24, 2.45) is 0 Å². The van der Waals surface area contributed by atoms with Gasteiger partial charge in [0.25, 0.3) is 0 Å². The highest BCUT2D eigenvalue weighted by molar-refractivity contribution is 6.08. The summed E-state index contributed by atoms with van der Waals surface area (Å²) in [7, 11) is 3.11. The number of carbonyl (C=O) groups excluding carboxylic acids is 1. The van der Waals surface area contributed by atoms with Gasteiger partial charge in [0.2, 0.25) is 5.78 Å². The van der Waals surface area contributed by atoms with Crippen molar-refractivity contribution in [3.8, 4) is 11.5 Å². The maximum Gasteiger partial charge on any atom is 0.211 e. The third-order valence-electron chi connectivity index (χ3n) is 3.88. The molecular weight excluding hydrogens is 314 g/mol. The number of ketones is 1. The Morgan fingerprint density at radius 1 is 0.880 bits per heavy atom. The van der Waals surface area contributed by atoms with Crippen molar-refractivity contribution in [1.82, 2.24) is 4.98 Å². The van der Waals surface area contributed by atoms with E-state index in [0.29, 0.717) is 29.2 Å². The molecule has 0 saturated heterocycles. The van der Waals surface area contributed by atoms with Gasteiger partial charge in [0.05, 0.1) is 14.2 Å². The molecule has 1 aromatic heterocycles. The summed E-state index contributed by atoms with van der Waals surface area (Å²) in [4.78, 5) is 17.3. The SMILES string of the molecule is COc1cc(OC)cc(C(=O)c2cccc(Cc3ccccc3)n2)c1.